The van der Waals surface area contributed by atoms with Gasteiger partial charge in [0.1, 0.15) is 11.6 Å². The molecule has 2 aromatic heterocycles. The number of carbonyl (C=O) groups is 1. The Hall–Kier alpha value is -1.97. The number of hydrogen-bond acceptors (Lipinski definition) is 8. The molecule has 0 aromatic carbocycles. The molecule has 4 rings (SSSR count). The van der Waals surface area contributed by atoms with Gasteiger partial charge in [-0.15, -0.1) is 0 Å². The normalized spacial score (nSPS) is 23.0. The first kappa shape index (κ1) is 21.3. The van der Waals surface area contributed by atoms with Crippen molar-refractivity contribution in [2.45, 2.75) is 57.8 Å². The van der Waals surface area contributed by atoms with Crippen molar-refractivity contribution in [2.24, 2.45) is 5.92 Å². The lowest BCUT2D eigenvalue weighted by Crippen LogP contribution is -2.40. The van der Waals surface area contributed by atoms with E-state index in [0.29, 0.717) is 30.2 Å². The zero-order valence-corrected chi connectivity index (χ0v) is 18.3. The van der Waals surface area contributed by atoms with Gasteiger partial charge < -0.3 is 24.3 Å². The summed E-state index contributed by atoms with van der Waals surface area (Å²) in [6.45, 7) is 6.12. The minimum atomic E-state index is -0.0290. The number of rotatable bonds is 9. The van der Waals surface area contributed by atoms with E-state index in [-0.39, 0.29) is 24.2 Å². The number of thiazole rings is 1. The molecule has 2 aromatic rings. The Balaban J connectivity index is 1.20. The van der Waals surface area contributed by atoms with Gasteiger partial charge in [0.25, 0.3) is 5.19 Å². The second-order valence-electron chi connectivity index (χ2n) is 8.09. The Labute approximate surface area is 180 Å². The molecule has 3 heterocycles. The van der Waals surface area contributed by atoms with E-state index >= 15 is 0 Å². The molecule has 30 heavy (non-hydrogen) atoms. The first-order valence-corrected chi connectivity index (χ1v) is 11.4. The average molecular weight is 436 g/mol. The van der Waals surface area contributed by atoms with Gasteiger partial charge in [-0.05, 0) is 31.7 Å². The molecule has 9 heteroatoms. The van der Waals surface area contributed by atoms with Gasteiger partial charge in [0, 0.05) is 31.9 Å². The van der Waals surface area contributed by atoms with Crippen LogP contribution in [0, 0.1) is 5.92 Å². The highest BCUT2D eigenvalue weighted by Gasteiger charge is 2.31. The van der Waals surface area contributed by atoms with Crippen LogP contribution in [-0.4, -0.2) is 60.6 Å². The van der Waals surface area contributed by atoms with E-state index in [1.165, 1.54) is 18.3 Å². The van der Waals surface area contributed by atoms with Crippen molar-refractivity contribution in [3.8, 4) is 11.1 Å². The molecule has 1 saturated carbocycles. The summed E-state index contributed by atoms with van der Waals surface area (Å²) in [4.78, 5) is 21.0. The summed E-state index contributed by atoms with van der Waals surface area (Å²) in [7, 11) is 0. The van der Waals surface area contributed by atoms with Crippen molar-refractivity contribution in [1.82, 2.24) is 15.3 Å². The summed E-state index contributed by atoms with van der Waals surface area (Å²) >= 11 is 1.46. The first-order chi connectivity index (χ1) is 14.5. The molecular weight excluding hydrogens is 406 g/mol. The first-order valence-electron chi connectivity index (χ1n) is 10.6. The van der Waals surface area contributed by atoms with Gasteiger partial charge in [0.05, 0.1) is 32.5 Å². The molecule has 2 fully saturated rings. The fourth-order valence-corrected chi connectivity index (χ4v) is 4.51. The van der Waals surface area contributed by atoms with Crippen molar-refractivity contribution < 1.29 is 23.7 Å². The van der Waals surface area contributed by atoms with Crippen LogP contribution in [0.1, 0.15) is 39.5 Å². The summed E-state index contributed by atoms with van der Waals surface area (Å²) in [6, 6.07) is 3.83. The second kappa shape index (κ2) is 9.89. The number of carbonyl (C=O) groups excluding carboxylic acids is 1. The van der Waals surface area contributed by atoms with Crippen LogP contribution in [0.2, 0.25) is 0 Å². The van der Waals surface area contributed by atoms with Crippen LogP contribution >= 0.6 is 11.3 Å². The number of pyridine rings is 1. The van der Waals surface area contributed by atoms with Crippen LogP contribution < -0.4 is 14.8 Å². The molecule has 0 unspecified atom stereocenters. The topological polar surface area (TPSA) is 91.8 Å². The van der Waals surface area contributed by atoms with Gasteiger partial charge in [0.15, 0.2) is 4.83 Å². The number of hydrogen-bond donors (Lipinski definition) is 1. The fourth-order valence-electron chi connectivity index (χ4n) is 3.67. The van der Waals surface area contributed by atoms with Crippen LogP contribution in [0.3, 0.4) is 0 Å². The van der Waals surface area contributed by atoms with Crippen molar-refractivity contribution in [2.75, 3.05) is 26.4 Å². The van der Waals surface area contributed by atoms with Crippen LogP contribution in [0.4, 0.5) is 0 Å². The standard InChI is InChI=1S/C21H29N3O5S/c1-13(22-14(2)25)11-27-17-9-15(10-17)12-28-19-4-3-18-20(24-19)30-21(23-18)29-16-5-7-26-8-6-16/h3-4,13,15-17H,5-12H2,1-2H3,(H,22,25)/t13-,15?,17?/m0/s1. The van der Waals surface area contributed by atoms with Gasteiger partial charge in [0.2, 0.25) is 11.8 Å². The Bertz CT molecular complexity index is 848. The van der Waals surface area contributed by atoms with E-state index in [4.69, 9.17) is 18.9 Å². The van der Waals surface area contributed by atoms with Crippen molar-refractivity contribution >= 4 is 27.6 Å². The van der Waals surface area contributed by atoms with Gasteiger partial charge in [-0.1, -0.05) is 11.3 Å². The number of aromatic nitrogens is 2. The van der Waals surface area contributed by atoms with Crippen LogP contribution in [0.15, 0.2) is 12.1 Å². The maximum Gasteiger partial charge on any atom is 0.276 e. The molecule has 1 N–H and O–H groups in total. The summed E-state index contributed by atoms with van der Waals surface area (Å²) in [5.74, 6) is 1.06. The summed E-state index contributed by atoms with van der Waals surface area (Å²) in [5.41, 5.74) is 0.833. The Kier molecular flexibility index (Phi) is 7.01. The van der Waals surface area contributed by atoms with E-state index in [9.17, 15) is 4.79 Å². The highest BCUT2D eigenvalue weighted by atomic mass is 32.1. The predicted octanol–water partition coefficient (Wildman–Crippen LogP) is 2.95. The number of ether oxygens (including phenoxy) is 4. The van der Waals surface area contributed by atoms with E-state index in [1.807, 2.05) is 19.1 Å². The van der Waals surface area contributed by atoms with Gasteiger partial charge >= 0.3 is 0 Å². The molecule has 0 radical (unpaired) electrons. The zero-order chi connectivity index (χ0) is 20.9. The highest BCUT2D eigenvalue weighted by molar-refractivity contribution is 7.19. The molecule has 2 aliphatic rings. The lowest BCUT2D eigenvalue weighted by molar-refractivity contribution is -0.120. The molecule has 0 bridgehead atoms. The molecule has 8 nitrogen and oxygen atoms in total. The average Bonchev–Trinajstić information content (AvgIpc) is 3.08. The Morgan fingerprint density at radius 1 is 1.27 bits per heavy atom. The minimum Gasteiger partial charge on any atom is -0.477 e. The predicted molar refractivity (Wildman–Crippen MR) is 113 cm³/mol. The van der Waals surface area contributed by atoms with E-state index in [1.54, 1.807) is 0 Å². The summed E-state index contributed by atoms with van der Waals surface area (Å²) in [6.07, 6.45) is 4.16. The highest BCUT2D eigenvalue weighted by Crippen LogP contribution is 2.32. The third-order valence-corrected chi connectivity index (χ3v) is 6.19. The smallest absolute Gasteiger partial charge is 0.276 e. The zero-order valence-electron chi connectivity index (χ0n) is 17.5. The van der Waals surface area contributed by atoms with Crippen molar-refractivity contribution in [3.05, 3.63) is 12.1 Å². The maximum atomic E-state index is 11.0. The number of nitrogens with zero attached hydrogens (tertiary/aromatic N) is 2. The lowest BCUT2D eigenvalue weighted by atomic mass is 9.83. The van der Waals surface area contributed by atoms with Crippen molar-refractivity contribution in [1.29, 1.82) is 0 Å². The largest absolute Gasteiger partial charge is 0.477 e. The second-order valence-corrected chi connectivity index (χ2v) is 9.03. The SMILES string of the molecule is CC(=O)N[C@@H](C)COC1CC(COc2ccc3nc(OC4CCOCC4)sc3n2)C1. The maximum absolute atomic E-state index is 11.0. The Morgan fingerprint density at radius 2 is 2.07 bits per heavy atom. The van der Waals surface area contributed by atoms with Crippen LogP contribution in [-0.2, 0) is 14.3 Å². The van der Waals surface area contributed by atoms with Gasteiger partial charge in [-0.3, -0.25) is 4.79 Å². The molecule has 164 valence electrons. The number of amides is 1. The minimum absolute atomic E-state index is 0.0290. The lowest BCUT2D eigenvalue weighted by Gasteiger charge is -2.35. The van der Waals surface area contributed by atoms with Crippen LogP contribution in [0.5, 0.6) is 11.1 Å². The van der Waals surface area contributed by atoms with E-state index in [2.05, 4.69) is 15.3 Å². The van der Waals surface area contributed by atoms with E-state index < -0.39 is 0 Å². The van der Waals surface area contributed by atoms with Gasteiger partial charge in [-0.25, -0.2) is 9.97 Å². The molecule has 1 amide bonds. The number of fused-ring (bicyclic) bond motifs is 1. The molecule has 1 atom stereocenters. The fraction of sp³-hybridized carbons (Fsp3) is 0.667. The molecule has 1 aliphatic heterocycles. The third-order valence-electron chi connectivity index (χ3n) is 5.34. The van der Waals surface area contributed by atoms with Crippen molar-refractivity contribution in [3.63, 3.8) is 0 Å². The van der Waals surface area contributed by atoms with Gasteiger partial charge in [-0.2, -0.15) is 0 Å². The molecule has 1 saturated heterocycles. The Morgan fingerprint density at radius 3 is 2.83 bits per heavy atom. The molecular formula is C21H29N3O5S. The van der Waals surface area contributed by atoms with E-state index in [0.717, 1.165) is 49.2 Å². The third kappa shape index (κ3) is 5.80. The summed E-state index contributed by atoms with van der Waals surface area (Å²) < 4.78 is 23.1. The number of nitrogens with one attached hydrogen (secondary N) is 1. The summed E-state index contributed by atoms with van der Waals surface area (Å²) in [5, 5.41) is 3.49. The van der Waals surface area contributed by atoms with Crippen LogP contribution in [0.25, 0.3) is 10.3 Å². The molecule has 1 aliphatic carbocycles. The molecule has 0 spiro atoms. The monoisotopic (exact) mass is 435 g/mol. The quantitative estimate of drug-likeness (QED) is 0.647.